The number of aliphatic hydroxyl groups excluding tert-OH is 2. The van der Waals surface area contributed by atoms with E-state index < -0.39 is 11.8 Å². The van der Waals surface area contributed by atoms with Gasteiger partial charge in [0, 0.05) is 25.4 Å². The van der Waals surface area contributed by atoms with Crippen molar-refractivity contribution in [3.05, 3.63) is 88.4 Å². The summed E-state index contributed by atoms with van der Waals surface area (Å²) in [4.78, 5) is 31.0. The largest absolute Gasteiger partial charge is 0.395 e. The van der Waals surface area contributed by atoms with Gasteiger partial charge in [0.15, 0.2) is 0 Å². The van der Waals surface area contributed by atoms with Gasteiger partial charge in [-0.1, -0.05) is 18.2 Å². The van der Waals surface area contributed by atoms with Crippen molar-refractivity contribution in [1.82, 2.24) is 24.3 Å². The fourth-order valence-corrected chi connectivity index (χ4v) is 5.39. The van der Waals surface area contributed by atoms with Crippen LogP contribution in [-0.4, -0.2) is 58.4 Å². The van der Waals surface area contributed by atoms with E-state index >= 15 is 0 Å². The number of carbonyl (C=O) groups is 1. The highest BCUT2D eigenvalue weighted by Crippen LogP contribution is 2.40. The molecule has 1 amide bonds. The quantitative estimate of drug-likeness (QED) is 0.250. The van der Waals surface area contributed by atoms with Crippen LogP contribution in [0.4, 0.5) is 23.0 Å². The normalized spacial score (nSPS) is 18.2. The number of nitrogen functional groups attached to an aromatic ring is 1. The summed E-state index contributed by atoms with van der Waals surface area (Å²) in [6, 6.07) is 15.0. The Morgan fingerprint density at radius 1 is 1.17 bits per heavy atom. The van der Waals surface area contributed by atoms with Crippen molar-refractivity contribution >= 4 is 40.7 Å². The van der Waals surface area contributed by atoms with E-state index in [0.717, 1.165) is 28.2 Å². The van der Waals surface area contributed by atoms with E-state index in [4.69, 9.17) is 10.8 Å². The number of aromatic nitrogens is 5. The number of aliphatic hydroxyl groups is 2. The van der Waals surface area contributed by atoms with Gasteiger partial charge in [0.2, 0.25) is 5.95 Å². The van der Waals surface area contributed by atoms with Gasteiger partial charge in [-0.3, -0.25) is 14.0 Å². The molecule has 41 heavy (non-hydrogen) atoms. The molecule has 214 valence electrons. The van der Waals surface area contributed by atoms with Gasteiger partial charge in [0.25, 0.3) is 5.91 Å². The van der Waals surface area contributed by atoms with E-state index in [-0.39, 0.29) is 29.1 Å². The van der Waals surface area contributed by atoms with Crippen LogP contribution in [0.3, 0.4) is 0 Å². The second-order valence-electron chi connectivity index (χ2n) is 9.30. The fraction of sp³-hybridized carbons (Fsp3) is 0.296. The lowest BCUT2D eigenvalue weighted by Crippen LogP contribution is -2.26. The highest BCUT2D eigenvalue weighted by atomic mass is 32.2. The first-order valence-corrected chi connectivity index (χ1v) is 13.6. The summed E-state index contributed by atoms with van der Waals surface area (Å²) in [5.74, 6) is -0.263. The van der Waals surface area contributed by atoms with Crippen LogP contribution >= 0.6 is 11.8 Å². The number of rotatable bonds is 6. The van der Waals surface area contributed by atoms with Crippen LogP contribution in [-0.2, 0) is 7.05 Å². The maximum atomic E-state index is 12.3. The summed E-state index contributed by atoms with van der Waals surface area (Å²) in [5, 5.41) is 33.5. The standard InChI is InChI=1S/C19H19N5O.C8H12N4O3S/c1-13-6-4-5-7-17(13)23-22-15-8-9-16(14(2)12-15)21-19(25)18-10-11-20-24(18)3;9-7-10-3-12(8(15)11-7)6-1-4(14)5(2-13)16-6/h4-12H,1-3H3,(H,21,25);3-6,13-14H,1-2H2,(H2,9,11,15). The van der Waals surface area contributed by atoms with Crippen LogP contribution in [0.25, 0.3) is 0 Å². The Balaban J connectivity index is 0.000000208. The molecule has 1 aliphatic heterocycles. The number of benzene rings is 2. The average molecular weight is 578 g/mol. The van der Waals surface area contributed by atoms with Crippen molar-refractivity contribution in [2.45, 2.75) is 37.0 Å². The third-order valence-electron chi connectivity index (χ3n) is 6.34. The van der Waals surface area contributed by atoms with Crippen LogP contribution in [0.2, 0.25) is 0 Å². The van der Waals surface area contributed by atoms with Crippen LogP contribution in [0.1, 0.15) is 33.4 Å². The van der Waals surface area contributed by atoms with E-state index in [9.17, 15) is 14.7 Å². The molecule has 1 aliphatic rings. The molecule has 1 saturated heterocycles. The Kier molecular flexibility index (Phi) is 9.60. The van der Waals surface area contributed by atoms with Crippen molar-refractivity contribution in [2.75, 3.05) is 17.7 Å². The average Bonchev–Trinajstić information content (AvgIpc) is 3.54. The molecule has 3 unspecified atom stereocenters. The van der Waals surface area contributed by atoms with Gasteiger partial charge in [-0.05, 0) is 55.3 Å². The van der Waals surface area contributed by atoms with E-state index in [1.807, 2.05) is 56.3 Å². The minimum Gasteiger partial charge on any atom is -0.395 e. The van der Waals surface area contributed by atoms with E-state index in [1.165, 1.54) is 27.3 Å². The maximum absolute atomic E-state index is 12.3. The second kappa shape index (κ2) is 13.3. The summed E-state index contributed by atoms with van der Waals surface area (Å²) in [7, 11) is 1.73. The molecule has 4 aromatic rings. The van der Waals surface area contributed by atoms with Crippen molar-refractivity contribution in [2.24, 2.45) is 17.3 Å². The molecule has 0 spiro atoms. The minimum absolute atomic E-state index is 0.0662. The molecule has 0 saturated carbocycles. The molecule has 2 aromatic carbocycles. The van der Waals surface area contributed by atoms with Crippen molar-refractivity contribution in [3.63, 3.8) is 0 Å². The number of amides is 1. The highest BCUT2D eigenvalue weighted by Gasteiger charge is 2.34. The number of azo groups is 1. The van der Waals surface area contributed by atoms with Crippen LogP contribution < -0.4 is 16.7 Å². The minimum atomic E-state index is -0.621. The van der Waals surface area contributed by atoms with Gasteiger partial charge >= 0.3 is 5.69 Å². The number of hydrogen-bond acceptors (Lipinski definition) is 11. The first-order chi connectivity index (χ1) is 19.7. The lowest BCUT2D eigenvalue weighted by atomic mass is 10.1. The number of thioether (sulfide) groups is 1. The van der Waals surface area contributed by atoms with Crippen LogP contribution in [0.15, 0.2) is 76.1 Å². The maximum Gasteiger partial charge on any atom is 0.353 e. The number of anilines is 2. The predicted octanol–water partition coefficient (Wildman–Crippen LogP) is 3.28. The van der Waals surface area contributed by atoms with Gasteiger partial charge in [-0.15, -0.1) is 11.8 Å². The summed E-state index contributed by atoms with van der Waals surface area (Å²) in [6.45, 7) is 3.80. The van der Waals surface area contributed by atoms with Crippen molar-refractivity contribution in [1.29, 1.82) is 0 Å². The first-order valence-electron chi connectivity index (χ1n) is 12.7. The molecule has 14 heteroatoms. The van der Waals surface area contributed by atoms with E-state index in [0.29, 0.717) is 12.1 Å². The second-order valence-corrected chi connectivity index (χ2v) is 10.7. The predicted molar refractivity (Wildman–Crippen MR) is 157 cm³/mol. The van der Waals surface area contributed by atoms with E-state index in [2.05, 4.69) is 30.6 Å². The fourth-order valence-electron chi connectivity index (χ4n) is 4.02. The topological polar surface area (TPSA) is 186 Å². The molecule has 3 heterocycles. The molecule has 1 fully saturated rings. The molecular formula is C27H31N9O4S. The summed E-state index contributed by atoms with van der Waals surface area (Å²) in [5.41, 5.74) is 9.59. The number of carbonyl (C=O) groups excluding carboxylic acids is 1. The molecule has 3 atom stereocenters. The lowest BCUT2D eigenvalue weighted by molar-refractivity contribution is 0.101. The van der Waals surface area contributed by atoms with Gasteiger partial charge in [0.05, 0.1) is 34.7 Å². The smallest absolute Gasteiger partial charge is 0.353 e. The van der Waals surface area contributed by atoms with Crippen molar-refractivity contribution in [3.8, 4) is 0 Å². The summed E-state index contributed by atoms with van der Waals surface area (Å²) < 4.78 is 2.86. The Hall–Kier alpha value is -4.40. The lowest BCUT2D eigenvalue weighted by Gasteiger charge is -2.11. The van der Waals surface area contributed by atoms with Crippen molar-refractivity contribution < 1.29 is 15.0 Å². The summed E-state index contributed by atoms with van der Waals surface area (Å²) >= 11 is 1.33. The zero-order valence-electron chi connectivity index (χ0n) is 22.7. The number of nitrogens with zero attached hydrogens (tertiary/aromatic N) is 7. The summed E-state index contributed by atoms with van der Waals surface area (Å²) in [6.07, 6.45) is 2.68. The Morgan fingerprint density at radius 2 is 1.95 bits per heavy atom. The third kappa shape index (κ3) is 7.42. The highest BCUT2D eigenvalue weighted by molar-refractivity contribution is 8.00. The zero-order valence-corrected chi connectivity index (χ0v) is 23.6. The van der Waals surface area contributed by atoms with Gasteiger partial charge < -0.3 is 21.3 Å². The monoisotopic (exact) mass is 577 g/mol. The number of hydrogen-bond donors (Lipinski definition) is 4. The molecule has 0 aliphatic carbocycles. The number of nitrogens with two attached hydrogens (primary N) is 1. The Labute approximate surface area is 240 Å². The van der Waals surface area contributed by atoms with Gasteiger partial charge in [-0.2, -0.15) is 20.3 Å². The van der Waals surface area contributed by atoms with Crippen LogP contribution in [0.5, 0.6) is 0 Å². The Bertz CT molecular complexity index is 1600. The molecule has 2 aromatic heterocycles. The van der Waals surface area contributed by atoms with Crippen LogP contribution in [0, 0.1) is 13.8 Å². The third-order valence-corrected chi connectivity index (χ3v) is 7.89. The molecule has 5 rings (SSSR count). The molecule has 0 bridgehead atoms. The first kappa shape index (κ1) is 29.6. The molecular weight excluding hydrogens is 546 g/mol. The van der Waals surface area contributed by atoms with Gasteiger partial charge in [0.1, 0.15) is 12.0 Å². The SMILES string of the molecule is Cc1ccccc1N=Nc1ccc(NC(=O)c2ccnn2C)c(C)c1.Nc1ncn(C2CC(O)C(CO)S2)c(=O)n1. The number of nitrogens with one attached hydrogen (secondary N) is 1. The van der Waals surface area contributed by atoms with Gasteiger partial charge in [-0.25, -0.2) is 9.78 Å². The number of aryl methyl sites for hydroxylation is 3. The zero-order chi connectivity index (χ0) is 29.5. The Morgan fingerprint density at radius 3 is 2.59 bits per heavy atom. The van der Waals surface area contributed by atoms with E-state index in [1.54, 1.807) is 19.3 Å². The molecule has 0 radical (unpaired) electrons. The molecule has 5 N–H and O–H groups in total. The molecule has 13 nitrogen and oxygen atoms in total.